The quantitative estimate of drug-likeness (QED) is 0.557. The predicted molar refractivity (Wildman–Crippen MR) is 75.7 cm³/mol. The van der Waals surface area contributed by atoms with E-state index in [1.165, 1.54) is 29.5 Å². The Kier molecular flexibility index (Phi) is 3.30. The van der Waals surface area contributed by atoms with Crippen LogP contribution in [0.3, 0.4) is 0 Å². The van der Waals surface area contributed by atoms with Gasteiger partial charge in [0.15, 0.2) is 6.04 Å². The van der Waals surface area contributed by atoms with Crippen LogP contribution in [0.15, 0.2) is 11.0 Å². The van der Waals surface area contributed by atoms with Gasteiger partial charge in [0.05, 0.1) is 20.1 Å². The second-order valence-electron chi connectivity index (χ2n) is 6.16. The minimum atomic E-state index is -0.951. The Hall–Kier alpha value is -1.05. The van der Waals surface area contributed by atoms with E-state index in [0.29, 0.717) is 6.54 Å². The Bertz CT molecular complexity index is 487. The SMILES string of the molecule is C[N+]1(CC2=CS[C@@H]3[C@H](N)C(=O)N3C2C(=O)O)CCCC1. The zero-order valence-corrected chi connectivity index (χ0v) is 12.3. The van der Waals surface area contributed by atoms with Crippen LogP contribution in [0.1, 0.15) is 12.8 Å². The number of carbonyl (C=O) groups excluding carboxylic acids is 1. The number of hydrogen-bond acceptors (Lipinski definition) is 4. The number of hydrogen-bond donors (Lipinski definition) is 2. The van der Waals surface area contributed by atoms with Gasteiger partial charge in [0.2, 0.25) is 5.91 Å². The third kappa shape index (κ3) is 2.04. The monoisotopic (exact) mass is 298 g/mol. The number of amides is 1. The largest absolute Gasteiger partial charge is 0.479 e. The molecular weight excluding hydrogens is 278 g/mol. The normalized spacial score (nSPS) is 35.3. The molecule has 2 saturated heterocycles. The fraction of sp³-hybridized carbons (Fsp3) is 0.692. The van der Waals surface area contributed by atoms with Crippen molar-refractivity contribution in [3.63, 3.8) is 0 Å². The number of carbonyl (C=O) groups is 2. The van der Waals surface area contributed by atoms with Crippen molar-refractivity contribution >= 4 is 23.6 Å². The smallest absolute Gasteiger partial charge is 0.331 e. The second kappa shape index (κ2) is 4.75. The zero-order chi connectivity index (χ0) is 14.5. The van der Waals surface area contributed by atoms with E-state index in [9.17, 15) is 14.7 Å². The minimum absolute atomic E-state index is 0.212. The first-order valence-electron chi connectivity index (χ1n) is 6.91. The molecule has 20 heavy (non-hydrogen) atoms. The van der Waals surface area contributed by atoms with Crippen LogP contribution in [-0.4, -0.2) is 70.5 Å². The van der Waals surface area contributed by atoms with Gasteiger partial charge in [-0.3, -0.25) is 4.79 Å². The number of fused-ring (bicyclic) bond motifs is 1. The molecule has 0 aliphatic carbocycles. The molecule has 7 heteroatoms. The summed E-state index contributed by atoms with van der Waals surface area (Å²) in [7, 11) is 2.16. The summed E-state index contributed by atoms with van der Waals surface area (Å²) in [6, 6.07) is -1.39. The van der Waals surface area contributed by atoms with Crippen molar-refractivity contribution in [2.45, 2.75) is 30.3 Å². The number of carboxylic acids is 1. The molecule has 1 unspecified atom stereocenters. The van der Waals surface area contributed by atoms with Crippen LogP contribution in [0.4, 0.5) is 0 Å². The summed E-state index contributed by atoms with van der Waals surface area (Å²) in [5.41, 5.74) is 6.57. The highest BCUT2D eigenvalue weighted by Gasteiger charge is 2.54. The van der Waals surface area contributed by atoms with Crippen molar-refractivity contribution in [1.29, 1.82) is 0 Å². The Labute approximate surface area is 122 Å². The van der Waals surface area contributed by atoms with Crippen LogP contribution in [0.5, 0.6) is 0 Å². The average Bonchev–Trinajstić information content (AvgIpc) is 2.83. The molecule has 0 aromatic rings. The number of nitrogens with zero attached hydrogens (tertiary/aromatic N) is 2. The van der Waals surface area contributed by atoms with Gasteiger partial charge in [0.25, 0.3) is 0 Å². The molecule has 0 aromatic carbocycles. The van der Waals surface area contributed by atoms with E-state index in [2.05, 4.69) is 7.05 Å². The number of aliphatic carboxylic acids is 1. The molecule has 0 aromatic heterocycles. The first-order chi connectivity index (χ1) is 9.43. The highest BCUT2D eigenvalue weighted by atomic mass is 32.2. The molecule has 3 N–H and O–H groups in total. The lowest BCUT2D eigenvalue weighted by atomic mass is 9.98. The zero-order valence-electron chi connectivity index (χ0n) is 11.5. The third-order valence-corrected chi connectivity index (χ3v) is 5.79. The van der Waals surface area contributed by atoms with Crippen LogP contribution in [0, 0.1) is 0 Å². The summed E-state index contributed by atoms with van der Waals surface area (Å²) in [6.07, 6.45) is 2.37. The molecule has 3 heterocycles. The van der Waals surface area contributed by atoms with E-state index in [4.69, 9.17) is 5.73 Å². The maximum Gasteiger partial charge on any atom is 0.331 e. The van der Waals surface area contributed by atoms with Crippen LogP contribution >= 0.6 is 11.8 Å². The highest BCUT2D eigenvalue weighted by molar-refractivity contribution is 8.02. The van der Waals surface area contributed by atoms with E-state index < -0.39 is 18.1 Å². The molecule has 110 valence electrons. The van der Waals surface area contributed by atoms with Gasteiger partial charge in [0, 0.05) is 18.4 Å². The maximum absolute atomic E-state index is 11.9. The first-order valence-corrected chi connectivity index (χ1v) is 7.86. The fourth-order valence-corrected chi connectivity index (χ4v) is 4.59. The van der Waals surface area contributed by atoms with E-state index >= 15 is 0 Å². The van der Waals surface area contributed by atoms with Crippen LogP contribution < -0.4 is 5.73 Å². The molecule has 0 bridgehead atoms. The first kappa shape index (κ1) is 13.9. The van der Waals surface area contributed by atoms with Crippen molar-refractivity contribution in [2.75, 3.05) is 26.7 Å². The van der Waals surface area contributed by atoms with Gasteiger partial charge in [0.1, 0.15) is 18.0 Å². The number of likely N-dealkylation sites (N-methyl/N-ethyl adjacent to an activating group) is 1. The number of quaternary nitrogens is 1. The number of likely N-dealkylation sites (tertiary alicyclic amines) is 1. The van der Waals surface area contributed by atoms with Gasteiger partial charge in [-0.2, -0.15) is 0 Å². The van der Waals surface area contributed by atoms with Crippen molar-refractivity contribution in [3.05, 3.63) is 11.0 Å². The number of thioether (sulfide) groups is 1. The predicted octanol–water partition coefficient (Wildman–Crippen LogP) is -0.194. The van der Waals surface area contributed by atoms with Gasteiger partial charge < -0.3 is 20.2 Å². The van der Waals surface area contributed by atoms with Crippen LogP contribution in [0.25, 0.3) is 0 Å². The lowest BCUT2D eigenvalue weighted by Crippen LogP contribution is -2.72. The summed E-state index contributed by atoms with van der Waals surface area (Å²) in [4.78, 5) is 24.9. The highest BCUT2D eigenvalue weighted by Crippen LogP contribution is 2.40. The summed E-state index contributed by atoms with van der Waals surface area (Å²) in [5, 5.41) is 11.2. The van der Waals surface area contributed by atoms with Gasteiger partial charge in [-0.1, -0.05) is 0 Å². The van der Waals surface area contributed by atoms with E-state index in [1.54, 1.807) is 0 Å². The van der Waals surface area contributed by atoms with E-state index in [1.807, 2.05) is 5.41 Å². The van der Waals surface area contributed by atoms with Crippen LogP contribution in [-0.2, 0) is 9.59 Å². The van der Waals surface area contributed by atoms with Crippen molar-refractivity contribution in [2.24, 2.45) is 5.73 Å². The Balaban J connectivity index is 1.84. The maximum atomic E-state index is 11.9. The number of rotatable bonds is 3. The van der Waals surface area contributed by atoms with Crippen molar-refractivity contribution in [3.8, 4) is 0 Å². The van der Waals surface area contributed by atoms with Gasteiger partial charge >= 0.3 is 5.97 Å². The summed E-state index contributed by atoms with van der Waals surface area (Å²) >= 11 is 1.48. The van der Waals surface area contributed by atoms with Gasteiger partial charge in [-0.05, 0) is 5.41 Å². The standard InChI is InChI=1S/C13H19N3O3S/c1-16(4-2-3-5-16)6-8-7-20-12-9(14)11(17)15(12)10(8)13(18)19/h7,9-10,12H,2-6,14H2,1H3/p+1/t9-,10?,12-/m1/s1. The molecule has 0 spiro atoms. The Morgan fingerprint density at radius 3 is 2.80 bits per heavy atom. The number of carboxylic acid groups (broad SMARTS) is 1. The Morgan fingerprint density at radius 2 is 2.20 bits per heavy atom. The Morgan fingerprint density at radius 1 is 1.55 bits per heavy atom. The molecule has 2 fully saturated rings. The van der Waals surface area contributed by atoms with Crippen molar-refractivity contribution in [1.82, 2.24) is 4.90 Å². The lowest BCUT2D eigenvalue weighted by Gasteiger charge is -2.50. The molecular formula is C13H20N3O3S+. The molecule has 3 rings (SSSR count). The van der Waals surface area contributed by atoms with E-state index in [0.717, 1.165) is 23.1 Å². The summed E-state index contributed by atoms with van der Waals surface area (Å²) in [6.45, 7) is 2.85. The molecule has 0 radical (unpaired) electrons. The summed E-state index contributed by atoms with van der Waals surface area (Å²) in [5.74, 6) is -1.20. The minimum Gasteiger partial charge on any atom is -0.479 e. The third-order valence-electron chi connectivity index (χ3n) is 4.55. The second-order valence-corrected chi connectivity index (χ2v) is 7.15. The fourth-order valence-electron chi connectivity index (χ4n) is 3.43. The molecule has 0 saturated carbocycles. The molecule has 6 nitrogen and oxygen atoms in total. The van der Waals surface area contributed by atoms with Crippen molar-refractivity contribution < 1.29 is 19.2 Å². The molecule has 3 aliphatic heterocycles. The van der Waals surface area contributed by atoms with E-state index in [-0.39, 0.29) is 11.3 Å². The molecule has 3 aliphatic rings. The van der Waals surface area contributed by atoms with Crippen LogP contribution in [0.2, 0.25) is 0 Å². The average molecular weight is 298 g/mol. The topological polar surface area (TPSA) is 83.6 Å². The number of β-lactam (4-membered cyclic amide) rings is 1. The molecule has 1 amide bonds. The lowest BCUT2D eigenvalue weighted by molar-refractivity contribution is -0.893. The van der Waals surface area contributed by atoms with Gasteiger partial charge in [-0.15, -0.1) is 11.8 Å². The summed E-state index contributed by atoms with van der Waals surface area (Å²) < 4.78 is 0.870. The van der Waals surface area contributed by atoms with Gasteiger partial charge in [-0.25, -0.2) is 4.79 Å². The molecule has 3 atom stereocenters. The number of nitrogens with two attached hydrogens (primary N) is 1.